The van der Waals surface area contributed by atoms with Gasteiger partial charge in [-0.2, -0.15) is 0 Å². The van der Waals surface area contributed by atoms with Crippen molar-refractivity contribution >= 4 is 35.9 Å². The average molecular weight is 701 g/mol. The fourth-order valence-electron chi connectivity index (χ4n) is 5.29. The molecule has 0 aromatic rings. The van der Waals surface area contributed by atoms with E-state index < -0.39 is 48.0 Å². The highest BCUT2D eigenvalue weighted by Crippen LogP contribution is 2.15. The third-order valence-electron chi connectivity index (χ3n) is 8.20. The van der Waals surface area contributed by atoms with Crippen LogP contribution in [0.3, 0.4) is 0 Å². The lowest BCUT2D eigenvalue weighted by molar-refractivity contribution is -0.154. The number of esters is 3. The van der Waals surface area contributed by atoms with Crippen LogP contribution in [0.2, 0.25) is 0 Å². The van der Waals surface area contributed by atoms with Gasteiger partial charge in [0.25, 0.3) is 0 Å². The number of likely N-dealkylation sites (tertiary alicyclic amines) is 1. The molecule has 1 heterocycles. The maximum atomic E-state index is 12.7. The number of carboxylic acid groups (broad SMARTS) is 2. The molecule has 0 aromatic carbocycles. The molecular formula is C35H60N2O12. The van der Waals surface area contributed by atoms with Crippen molar-refractivity contribution in [2.45, 2.75) is 135 Å². The third kappa shape index (κ3) is 26.2. The largest absolute Gasteiger partial charge is 0.481 e. The van der Waals surface area contributed by atoms with Gasteiger partial charge in [0.1, 0.15) is 25.9 Å². The number of alkyl carbamates (subject to hydrolysis) is 1. The number of rotatable bonds is 30. The van der Waals surface area contributed by atoms with E-state index in [0.717, 1.165) is 45.3 Å². The van der Waals surface area contributed by atoms with E-state index in [9.17, 15) is 28.8 Å². The molecule has 3 N–H and O–H groups in total. The van der Waals surface area contributed by atoms with E-state index in [1.54, 1.807) is 0 Å². The first-order valence-corrected chi connectivity index (χ1v) is 18.2. The number of unbranched alkanes of at least 4 members (excludes halogenated alkanes) is 7. The average Bonchev–Trinajstić information content (AvgIpc) is 3.58. The lowest BCUT2D eigenvalue weighted by Gasteiger charge is -2.20. The molecule has 14 nitrogen and oxygen atoms in total. The first kappa shape index (κ1) is 43.6. The molecule has 1 rings (SSSR count). The zero-order valence-corrected chi connectivity index (χ0v) is 29.5. The first-order valence-electron chi connectivity index (χ1n) is 18.2. The van der Waals surface area contributed by atoms with Crippen molar-refractivity contribution in [3.63, 3.8) is 0 Å². The molecule has 1 saturated heterocycles. The molecule has 0 aromatic heterocycles. The van der Waals surface area contributed by atoms with Gasteiger partial charge in [-0.15, -0.1) is 0 Å². The van der Waals surface area contributed by atoms with Crippen LogP contribution >= 0.6 is 0 Å². The second-order valence-electron chi connectivity index (χ2n) is 12.7. The number of hydrogen-bond acceptors (Lipinski definition) is 11. The molecule has 0 aliphatic carbocycles. The molecule has 14 heteroatoms. The Morgan fingerprint density at radius 3 is 1.63 bits per heavy atom. The molecule has 49 heavy (non-hydrogen) atoms. The fraction of sp³-hybridized carbons (Fsp3) is 0.829. The SMILES string of the molecule is CCCCCCC(CCC(=O)OCC(COC(=O)CCCCCC(=O)O)COC(=O)CCCCCC(=O)O)OC(=O)NCCN1CCCC1. The van der Waals surface area contributed by atoms with E-state index >= 15 is 0 Å². The predicted molar refractivity (Wildman–Crippen MR) is 180 cm³/mol. The van der Waals surface area contributed by atoms with Crippen molar-refractivity contribution < 1.29 is 57.9 Å². The summed E-state index contributed by atoms with van der Waals surface area (Å²) in [7, 11) is 0. The summed E-state index contributed by atoms with van der Waals surface area (Å²) in [4.78, 5) is 73.3. The van der Waals surface area contributed by atoms with Gasteiger partial charge in [0.15, 0.2) is 0 Å². The summed E-state index contributed by atoms with van der Waals surface area (Å²) < 4.78 is 21.8. The van der Waals surface area contributed by atoms with Crippen molar-refractivity contribution in [2.24, 2.45) is 5.92 Å². The molecule has 1 aliphatic rings. The number of carbonyl (C=O) groups excluding carboxylic acids is 4. The standard InChI is InChI=1S/C35H60N2O12/c1-2-3-4-7-14-29(49-35(45)36-21-24-37-22-12-13-23-37)19-20-34(44)48-27-28(25-46-32(42)17-10-5-8-15-30(38)39)26-47-33(43)18-11-6-9-16-31(40)41/h28-29H,2-27H2,1H3,(H,36,45)(H,38,39)(H,40,41). The Bertz CT molecular complexity index is 930. The Balaban J connectivity index is 2.58. The number of carboxylic acids is 2. The van der Waals surface area contributed by atoms with Gasteiger partial charge < -0.3 is 39.4 Å². The van der Waals surface area contributed by atoms with Crippen LogP contribution < -0.4 is 5.32 Å². The van der Waals surface area contributed by atoms with Crippen molar-refractivity contribution in [1.82, 2.24) is 10.2 Å². The van der Waals surface area contributed by atoms with Gasteiger partial charge in [-0.1, -0.05) is 39.0 Å². The van der Waals surface area contributed by atoms with Crippen LogP contribution in [0, 0.1) is 5.92 Å². The Labute approximate surface area is 290 Å². The monoisotopic (exact) mass is 700 g/mol. The van der Waals surface area contributed by atoms with Crippen LogP contribution in [0.5, 0.6) is 0 Å². The summed E-state index contributed by atoms with van der Waals surface area (Å²) in [6, 6.07) is 0. The summed E-state index contributed by atoms with van der Waals surface area (Å²) in [6.45, 7) is 5.01. The van der Waals surface area contributed by atoms with Crippen molar-refractivity contribution in [3.05, 3.63) is 0 Å². The Kier molecular flexibility index (Phi) is 25.3. The van der Waals surface area contributed by atoms with Gasteiger partial charge in [0.05, 0.1) is 5.92 Å². The van der Waals surface area contributed by atoms with E-state index in [0.29, 0.717) is 57.9 Å². The normalized spacial score (nSPS) is 13.5. The smallest absolute Gasteiger partial charge is 0.407 e. The van der Waals surface area contributed by atoms with Crippen molar-refractivity contribution in [1.29, 1.82) is 0 Å². The first-order chi connectivity index (χ1) is 23.6. The van der Waals surface area contributed by atoms with Crippen LogP contribution in [0.25, 0.3) is 0 Å². The number of nitrogens with zero attached hydrogens (tertiary/aromatic N) is 1. The lowest BCUT2D eigenvalue weighted by Crippen LogP contribution is -2.35. The number of ether oxygens (including phenoxy) is 4. The van der Waals surface area contributed by atoms with Gasteiger partial charge in [0, 0.05) is 45.2 Å². The minimum Gasteiger partial charge on any atom is -0.481 e. The van der Waals surface area contributed by atoms with Crippen molar-refractivity contribution in [3.8, 4) is 0 Å². The van der Waals surface area contributed by atoms with Crippen LogP contribution in [0.4, 0.5) is 4.79 Å². The molecule has 0 bridgehead atoms. The van der Waals surface area contributed by atoms with Gasteiger partial charge in [0.2, 0.25) is 0 Å². The molecule has 1 atom stereocenters. The van der Waals surface area contributed by atoms with Crippen LogP contribution in [-0.2, 0) is 42.9 Å². The molecule has 1 unspecified atom stereocenters. The molecule has 1 fully saturated rings. The van der Waals surface area contributed by atoms with E-state index in [2.05, 4.69) is 17.1 Å². The van der Waals surface area contributed by atoms with Gasteiger partial charge in [-0.25, -0.2) is 4.79 Å². The summed E-state index contributed by atoms with van der Waals surface area (Å²) in [5.74, 6) is -3.89. The number of aliphatic carboxylic acids is 2. The molecule has 0 saturated carbocycles. The highest BCUT2D eigenvalue weighted by molar-refractivity contribution is 5.71. The van der Waals surface area contributed by atoms with Crippen LogP contribution in [0.1, 0.15) is 129 Å². The van der Waals surface area contributed by atoms with Gasteiger partial charge in [-0.3, -0.25) is 24.0 Å². The zero-order valence-electron chi connectivity index (χ0n) is 29.5. The Morgan fingerprint density at radius 2 is 1.12 bits per heavy atom. The van der Waals surface area contributed by atoms with E-state index in [1.807, 2.05) is 0 Å². The highest BCUT2D eigenvalue weighted by atomic mass is 16.6. The Morgan fingerprint density at radius 1 is 0.633 bits per heavy atom. The van der Waals surface area contributed by atoms with Crippen molar-refractivity contribution in [2.75, 3.05) is 46.0 Å². The van der Waals surface area contributed by atoms with E-state index in [-0.39, 0.29) is 51.9 Å². The summed E-state index contributed by atoms with van der Waals surface area (Å²) in [5, 5.41) is 20.3. The highest BCUT2D eigenvalue weighted by Gasteiger charge is 2.21. The van der Waals surface area contributed by atoms with Gasteiger partial charge >= 0.3 is 35.9 Å². The maximum absolute atomic E-state index is 12.7. The number of nitrogens with one attached hydrogen (secondary N) is 1. The summed E-state index contributed by atoms with van der Waals surface area (Å²) in [5.41, 5.74) is 0. The topological polar surface area (TPSA) is 195 Å². The molecule has 0 radical (unpaired) electrons. The third-order valence-corrected chi connectivity index (χ3v) is 8.20. The molecule has 1 aliphatic heterocycles. The van der Waals surface area contributed by atoms with E-state index in [1.165, 1.54) is 12.8 Å². The maximum Gasteiger partial charge on any atom is 0.407 e. The van der Waals surface area contributed by atoms with E-state index in [4.69, 9.17) is 29.2 Å². The van der Waals surface area contributed by atoms with Crippen LogP contribution in [0.15, 0.2) is 0 Å². The molecule has 282 valence electrons. The summed E-state index contributed by atoms with van der Waals surface area (Å²) >= 11 is 0. The second kappa shape index (κ2) is 28.4. The second-order valence-corrected chi connectivity index (χ2v) is 12.7. The minimum absolute atomic E-state index is 0.0124. The molecule has 1 amide bonds. The number of hydrogen-bond donors (Lipinski definition) is 3. The molecule has 0 spiro atoms. The summed E-state index contributed by atoms with van der Waals surface area (Å²) in [6.07, 6.45) is 9.63. The Hall–Kier alpha value is -3.42. The lowest BCUT2D eigenvalue weighted by atomic mass is 10.1. The number of amides is 1. The number of carbonyl (C=O) groups is 6. The fourth-order valence-corrected chi connectivity index (χ4v) is 5.29. The minimum atomic E-state index is -0.890. The zero-order chi connectivity index (χ0) is 36.1. The van der Waals surface area contributed by atoms with Gasteiger partial charge in [-0.05, 0) is 70.9 Å². The van der Waals surface area contributed by atoms with Crippen LogP contribution in [-0.4, -0.2) is 103 Å². The quantitative estimate of drug-likeness (QED) is 0.0500. The predicted octanol–water partition coefficient (Wildman–Crippen LogP) is 5.24. The molecular weight excluding hydrogens is 640 g/mol.